The molecule has 0 bridgehead atoms. The Labute approximate surface area is 133 Å². The van der Waals surface area contributed by atoms with Crippen molar-refractivity contribution in [3.8, 4) is 11.4 Å². The molecule has 1 aromatic carbocycles. The fraction of sp³-hybridized carbons (Fsp3) is 0.118. The van der Waals surface area contributed by atoms with E-state index in [4.69, 9.17) is 4.74 Å². The van der Waals surface area contributed by atoms with Crippen LogP contribution in [0.5, 0.6) is 5.75 Å². The van der Waals surface area contributed by atoms with Gasteiger partial charge in [-0.1, -0.05) is 24.3 Å². The van der Waals surface area contributed by atoms with Crippen LogP contribution in [0.1, 0.15) is 16.1 Å². The summed E-state index contributed by atoms with van der Waals surface area (Å²) in [6.45, 7) is 1.88. The minimum atomic E-state index is -0.363. The van der Waals surface area contributed by atoms with E-state index in [0.29, 0.717) is 11.6 Å². The van der Waals surface area contributed by atoms with E-state index in [1.165, 1.54) is 7.11 Å². The maximum atomic E-state index is 12.5. The number of rotatable bonds is 4. The van der Waals surface area contributed by atoms with Gasteiger partial charge in [0.25, 0.3) is 5.91 Å². The second kappa shape index (κ2) is 6.31. The largest absolute Gasteiger partial charge is 0.493 e. The molecule has 1 N–H and O–H groups in total. The molecule has 116 valence electrons. The van der Waals surface area contributed by atoms with Crippen LogP contribution in [-0.4, -0.2) is 27.8 Å². The molecule has 6 nitrogen and oxygen atoms in total. The number of carbonyl (C=O) groups excluding carboxylic acids is 1. The lowest BCUT2D eigenvalue weighted by Crippen LogP contribution is -2.15. The third-order valence-electron chi connectivity index (χ3n) is 3.38. The Morgan fingerprint density at radius 3 is 2.65 bits per heavy atom. The summed E-state index contributed by atoms with van der Waals surface area (Å²) in [6, 6.07) is 13.2. The second-order valence-electron chi connectivity index (χ2n) is 4.95. The highest BCUT2D eigenvalue weighted by Crippen LogP contribution is 2.21. The number of carbonyl (C=O) groups is 1. The van der Waals surface area contributed by atoms with Crippen molar-refractivity contribution >= 4 is 11.7 Å². The van der Waals surface area contributed by atoms with Crippen LogP contribution in [0.25, 0.3) is 5.69 Å². The molecule has 0 saturated heterocycles. The lowest BCUT2D eigenvalue weighted by Gasteiger charge is -2.06. The van der Waals surface area contributed by atoms with Crippen molar-refractivity contribution in [3.05, 3.63) is 66.1 Å². The molecule has 23 heavy (non-hydrogen) atoms. The van der Waals surface area contributed by atoms with Crippen molar-refractivity contribution in [2.75, 3.05) is 12.4 Å². The van der Waals surface area contributed by atoms with E-state index >= 15 is 0 Å². The molecule has 3 rings (SSSR count). The smallest absolute Gasteiger partial charge is 0.281 e. The van der Waals surface area contributed by atoms with Crippen LogP contribution in [-0.2, 0) is 0 Å². The zero-order chi connectivity index (χ0) is 16.2. The minimum absolute atomic E-state index is 0.210. The van der Waals surface area contributed by atoms with Crippen molar-refractivity contribution in [1.82, 2.24) is 14.8 Å². The number of hydrogen-bond acceptors (Lipinski definition) is 4. The molecule has 0 aliphatic rings. The predicted molar refractivity (Wildman–Crippen MR) is 87.0 cm³/mol. The summed E-state index contributed by atoms with van der Waals surface area (Å²) in [5.41, 5.74) is 1.93. The van der Waals surface area contributed by atoms with Gasteiger partial charge in [-0.05, 0) is 30.7 Å². The maximum absolute atomic E-state index is 12.5. The summed E-state index contributed by atoms with van der Waals surface area (Å²) in [6.07, 6.45) is 3.30. The van der Waals surface area contributed by atoms with Crippen LogP contribution in [0.4, 0.5) is 5.82 Å². The van der Waals surface area contributed by atoms with Gasteiger partial charge in [0.15, 0.2) is 11.4 Å². The molecule has 0 fully saturated rings. The molecule has 0 unspecified atom stereocenters. The first kappa shape index (κ1) is 14.8. The molecule has 0 spiro atoms. The molecule has 0 aliphatic carbocycles. The molecule has 2 heterocycles. The second-order valence-corrected chi connectivity index (χ2v) is 4.95. The van der Waals surface area contributed by atoms with Crippen molar-refractivity contribution < 1.29 is 9.53 Å². The van der Waals surface area contributed by atoms with E-state index in [-0.39, 0.29) is 11.6 Å². The summed E-state index contributed by atoms with van der Waals surface area (Å²) in [7, 11) is 1.51. The number of pyridine rings is 1. The average Bonchev–Trinajstić information content (AvgIpc) is 3.02. The van der Waals surface area contributed by atoms with Gasteiger partial charge in [-0.25, -0.2) is 9.67 Å². The predicted octanol–water partition coefficient (Wildman–Crippen LogP) is 2.84. The standard InChI is InChI=1S/C17H16N4O2/c1-12-7-6-10-18-16(12)19-17(22)15-14(23-2)11-21(20-15)13-8-4-3-5-9-13/h3-11H,1-2H3,(H,18,19,22). The zero-order valence-electron chi connectivity index (χ0n) is 12.9. The summed E-state index contributed by atoms with van der Waals surface area (Å²) >= 11 is 0. The van der Waals surface area contributed by atoms with Crippen molar-refractivity contribution in [3.63, 3.8) is 0 Å². The number of aryl methyl sites for hydroxylation is 1. The maximum Gasteiger partial charge on any atom is 0.281 e. The number of anilines is 1. The topological polar surface area (TPSA) is 69.0 Å². The van der Waals surface area contributed by atoms with Gasteiger partial charge >= 0.3 is 0 Å². The van der Waals surface area contributed by atoms with Crippen LogP contribution in [0.15, 0.2) is 54.9 Å². The fourth-order valence-corrected chi connectivity index (χ4v) is 2.16. The first-order valence-electron chi connectivity index (χ1n) is 7.11. The number of methoxy groups -OCH3 is 1. The average molecular weight is 308 g/mol. The summed E-state index contributed by atoms with van der Waals surface area (Å²) in [4.78, 5) is 16.6. The molecule has 0 atom stereocenters. The van der Waals surface area contributed by atoms with E-state index in [9.17, 15) is 4.79 Å². The van der Waals surface area contributed by atoms with Gasteiger partial charge in [-0.3, -0.25) is 4.79 Å². The van der Waals surface area contributed by atoms with E-state index in [2.05, 4.69) is 15.4 Å². The molecule has 0 aliphatic heterocycles. The highest BCUT2D eigenvalue weighted by atomic mass is 16.5. The van der Waals surface area contributed by atoms with Gasteiger partial charge in [0.1, 0.15) is 5.82 Å². The van der Waals surface area contributed by atoms with Gasteiger partial charge < -0.3 is 10.1 Å². The normalized spacial score (nSPS) is 10.3. The number of hydrogen-bond donors (Lipinski definition) is 1. The number of amides is 1. The Morgan fingerprint density at radius 2 is 1.96 bits per heavy atom. The van der Waals surface area contributed by atoms with E-state index in [1.54, 1.807) is 17.1 Å². The van der Waals surface area contributed by atoms with Crippen molar-refractivity contribution in [2.45, 2.75) is 6.92 Å². The van der Waals surface area contributed by atoms with E-state index in [0.717, 1.165) is 11.3 Å². The first-order chi connectivity index (χ1) is 11.2. The Kier molecular flexibility index (Phi) is 4.05. The van der Waals surface area contributed by atoms with Gasteiger partial charge in [0, 0.05) is 6.20 Å². The molecule has 0 saturated carbocycles. The summed E-state index contributed by atoms with van der Waals surface area (Å²) in [5.74, 6) is 0.548. The number of nitrogens with one attached hydrogen (secondary N) is 1. The number of nitrogens with zero attached hydrogens (tertiary/aromatic N) is 3. The monoisotopic (exact) mass is 308 g/mol. The van der Waals surface area contributed by atoms with Crippen LogP contribution in [0, 0.1) is 6.92 Å². The molecular formula is C17H16N4O2. The lowest BCUT2D eigenvalue weighted by atomic mass is 10.3. The van der Waals surface area contributed by atoms with Crippen LogP contribution in [0.2, 0.25) is 0 Å². The van der Waals surface area contributed by atoms with Crippen LogP contribution >= 0.6 is 0 Å². The van der Waals surface area contributed by atoms with E-state index < -0.39 is 0 Å². The van der Waals surface area contributed by atoms with Crippen molar-refractivity contribution in [2.24, 2.45) is 0 Å². The molecular weight excluding hydrogens is 292 g/mol. The number of benzene rings is 1. The van der Waals surface area contributed by atoms with Gasteiger partial charge in [-0.2, -0.15) is 5.10 Å². The summed E-state index contributed by atoms with van der Waals surface area (Å²) in [5, 5.41) is 7.09. The third kappa shape index (κ3) is 3.06. The fourth-order valence-electron chi connectivity index (χ4n) is 2.16. The number of ether oxygens (including phenoxy) is 1. The SMILES string of the molecule is COc1cn(-c2ccccc2)nc1C(=O)Nc1ncccc1C. The summed E-state index contributed by atoms with van der Waals surface area (Å²) < 4.78 is 6.88. The van der Waals surface area contributed by atoms with E-state index in [1.807, 2.05) is 49.4 Å². The lowest BCUT2D eigenvalue weighted by molar-refractivity contribution is 0.101. The highest BCUT2D eigenvalue weighted by Gasteiger charge is 2.19. The zero-order valence-corrected chi connectivity index (χ0v) is 12.9. The Morgan fingerprint density at radius 1 is 1.17 bits per heavy atom. The molecule has 2 aromatic heterocycles. The molecule has 6 heteroatoms. The quantitative estimate of drug-likeness (QED) is 0.804. The molecule has 1 amide bonds. The first-order valence-corrected chi connectivity index (χ1v) is 7.11. The number of para-hydroxylation sites is 1. The van der Waals surface area contributed by atoms with Crippen LogP contribution < -0.4 is 10.1 Å². The third-order valence-corrected chi connectivity index (χ3v) is 3.38. The van der Waals surface area contributed by atoms with Crippen molar-refractivity contribution in [1.29, 1.82) is 0 Å². The Balaban J connectivity index is 1.91. The van der Waals surface area contributed by atoms with Gasteiger partial charge in [0.2, 0.25) is 0 Å². The van der Waals surface area contributed by atoms with Gasteiger partial charge in [-0.15, -0.1) is 0 Å². The van der Waals surface area contributed by atoms with Gasteiger partial charge in [0.05, 0.1) is 19.0 Å². The Bertz CT molecular complexity index is 828. The Hall–Kier alpha value is -3.15. The minimum Gasteiger partial charge on any atom is -0.493 e. The molecule has 0 radical (unpaired) electrons. The molecule has 3 aromatic rings. The highest BCUT2D eigenvalue weighted by molar-refractivity contribution is 6.04. The number of aromatic nitrogens is 3. The van der Waals surface area contributed by atoms with Crippen LogP contribution in [0.3, 0.4) is 0 Å².